The molecular formula is C21H27NO5S2. The van der Waals surface area contributed by atoms with Gasteiger partial charge in [0.15, 0.2) is 11.5 Å². The maximum atomic E-state index is 12.7. The lowest BCUT2D eigenvalue weighted by molar-refractivity contribution is -0.143. The van der Waals surface area contributed by atoms with Gasteiger partial charge in [-0.25, -0.2) is 0 Å². The number of esters is 1. The Morgan fingerprint density at radius 2 is 1.97 bits per heavy atom. The predicted molar refractivity (Wildman–Crippen MR) is 119 cm³/mol. The quantitative estimate of drug-likeness (QED) is 0.220. The van der Waals surface area contributed by atoms with Gasteiger partial charge >= 0.3 is 5.97 Å². The molecule has 1 aliphatic heterocycles. The van der Waals surface area contributed by atoms with E-state index in [0.29, 0.717) is 40.5 Å². The van der Waals surface area contributed by atoms with E-state index in [2.05, 4.69) is 6.92 Å². The van der Waals surface area contributed by atoms with Crippen molar-refractivity contribution in [2.75, 3.05) is 26.4 Å². The standard InChI is InChI=1S/C21H27NO5S2/c1-4-7-12-27-16-9-8-15(13-17(16)25-5-2)14-18-20(24)22(21(28)29-18)11-10-19(23)26-6-3/h8-9,13-14H,4-7,10-12H2,1-3H3/b18-14-. The molecule has 0 aromatic heterocycles. The van der Waals surface area contributed by atoms with Gasteiger partial charge in [0, 0.05) is 6.54 Å². The molecule has 0 radical (unpaired) electrons. The van der Waals surface area contributed by atoms with Crippen LogP contribution in [0, 0.1) is 0 Å². The number of hydrogen-bond acceptors (Lipinski definition) is 7. The van der Waals surface area contributed by atoms with Crippen molar-refractivity contribution in [2.24, 2.45) is 0 Å². The van der Waals surface area contributed by atoms with Crippen LogP contribution in [0.2, 0.25) is 0 Å². The number of carbonyl (C=O) groups is 2. The number of unbranched alkanes of at least 4 members (excludes halogenated alkanes) is 1. The van der Waals surface area contributed by atoms with Crippen LogP contribution in [-0.4, -0.2) is 47.5 Å². The minimum Gasteiger partial charge on any atom is -0.490 e. The lowest BCUT2D eigenvalue weighted by atomic mass is 10.2. The molecule has 0 saturated carbocycles. The van der Waals surface area contributed by atoms with Gasteiger partial charge in [0.25, 0.3) is 5.91 Å². The molecule has 1 fully saturated rings. The van der Waals surface area contributed by atoms with Gasteiger partial charge in [-0.2, -0.15) is 0 Å². The summed E-state index contributed by atoms with van der Waals surface area (Å²) in [6.07, 6.45) is 3.93. The monoisotopic (exact) mass is 437 g/mol. The van der Waals surface area contributed by atoms with Gasteiger partial charge in [0.05, 0.1) is 31.1 Å². The molecule has 1 amide bonds. The number of thioether (sulfide) groups is 1. The number of carbonyl (C=O) groups excluding carboxylic acids is 2. The summed E-state index contributed by atoms with van der Waals surface area (Å²) in [4.78, 5) is 26.2. The Labute approximate surface area is 181 Å². The summed E-state index contributed by atoms with van der Waals surface area (Å²) in [7, 11) is 0. The lowest BCUT2D eigenvalue weighted by Crippen LogP contribution is -2.30. The fourth-order valence-electron chi connectivity index (χ4n) is 2.61. The number of benzene rings is 1. The highest BCUT2D eigenvalue weighted by Crippen LogP contribution is 2.35. The summed E-state index contributed by atoms with van der Waals surface area (Å²) in [5, 5.41) is 0. The third kappa shape index (κ3) is 6.75. The van der Waals surface area contributed by atoms with E-state index in [4.69, 9.17) is 26.4 Å². The van der Waals surface area contributed by atoms with Gasteiger partial charge < -0.3 is 14.2 Å². The zero-order valence-electron chi connectivity index (χ0n) is 17.1. The largest absolute Gasteiger partial charge is 0.490 e. The molecule has 0 unspecified atom stereocenters. The van der Waals surface area contributed by atoms with Crippen LogP contribution in [0.1, 0.15) is 45.6 Å². The fraction of sp³-hybridized carbons (Fsp3) is 0.476. The van der Waals surface area contributed by atoms with E-state index in [1.54, 1.807) is 13.0 Å². The van der Waals surface area contributed by atoms with Crippen LogP contribution < -0.4 is 9.47 Å². The first-order valence-corrected chi connectivity index (χ1v) is 11.0. The number of ether oxygens (including phenoxy) is 3. The van der Waals surface area contributed by atoms with Crippen molar-refractivity contribution in [2.45, 2.75) is 40.0 Å². The number of nitrogens with zero attached hydrogens (tertiary/aromatic N) is 1. The Hall–Kier alpha value is -2.06. The zero-order chi connectivity index (χ0) is 21.2. The number of amides is 1. The van der Waals surface area contributed by atoms with E-state index >= 15 is 0 Å². The molecule has 0 atom stereocenters. The maximum absolute atomic E-state index is 12.7. The van der Waals surface area contributed by atoms with Gasteiger partial charge in [-0.15, -0.1) is 0 Å². The molecule has 1 aliphatic rings. The third-order valence-corrected chi connectivity index (χ3v) is 5.42. The molecule has 8 heteroatoms. The van der Waals surface area contributed by atoms with Crippen molar-refractivity contribution in [1.82, 2.24) is 4.90 Å². The normalized spacial score (nSPS) is 15.1. The molecule has 1 aromatic carbocycles. The minimum atomic E-state index is -0.342. The van der Waals surface area contributed by atoms with Crippen molar-refractivity contribution in [1.29, 1.82) is 0 Å². The number of hydrogen-bond donors (Lipinski definition) is 0. The van der Waals surface area contributed by atoms with Gasteiger partial charge in [-0.05, 0) is 44.0 Å². The Balaban J connectivity index is 2.12. The van der Waals surface area contributed by atoms with E-state index in [9.17, 15) is 9.59 Å². The minimum absolute atomic E-state index is 0.117. The number of thiocarbonyl (C=S) groups is 1. The fourth-order valence-corrected chi connectivity index (χ4v) is 3.92. The van der Waals surface area contributed by atoms with Crippen LogP contribution in [0.15, 0.2) is 23.1 Å². The summed E-state index contributed by atoms with van der Waals surface area (Å²) in [6.45, 7) is 7.46. The summed E-state index contributed by atoms with van der Waals surface area (Å²) < 4.78 is 16.8. The second kappa shape index (κ2) is 11.8. The predicted octanol–water partition coefficient (Wildman–Crippen LogP) is 4.42. The van der Waals surface area contributed by atoms with E-state index < -0.39 is 0 Å². The topological polar surface area (TPSA) is 65.1 Å². The summed E-state index contributed by atoms with van der Waals surface area (Å²) >= 11 is 6.53. The Bertz CT molecular complexity index is 778. The van der Waals surface area contributed by atoms with Crippen LogP contribution >= 0.6 is 24.0 Å². The molecule has 6 nitrogen and oxygen atoms in total. The molecular weight excluding hydrogens is 410 g/mol. The Kier molecular flexibility index (Phi) is 9.47. The molecule has 2 rings (SSSR count). The average molecular weight is 438 g/mol. The molecule has 0 bridgehead atoms. The number of rotatable bonds is 11. The summed E-state index contributed by atoms with van der Waals surface area (Å²) in [6, 6.07) is 5.60. The highest BCUT2D eigenvalue weighted by molar-refractivity contribution is 8.26. The zero-order valence-corrected chi connectivity index (χ0v) is 18.7. The van der Waals surface area contributed by atoms with Crippen molar-refractivity contribution >= 4 is 46.3 Å². The Morgan fingerprint density at radius 3 is 2.66 bits per heavy atom. The van der Waals surface area contributed by atoms with Crippen LogP contribution in [0.5, 0.6) is 11.5 Å². The first kappa shape index (κ1) is 23.2. The van der Waals surface area contributed by atoms with Gasteiger partial charge in [0.2, 0.25) is 0 Å². The van der Waals surface area contributed by atoms with Crippen molar-refractivity contribution in [3.8, 4) is 11.5 Å². The molecule has 1 saturated heterocycles. The van der Waals surface area contributed by atoms with Crippen LogP contribution in [0.25, 0.3) is 6.08 Å². The molecule has 0 aliphatic carbocycles. The molecule has 158 valence electrons. The maximum Gasteiger partial charge on any atom is 0.307 e. The van der Waals surface area contributed by atoms with Gasteiger partial charge in [-0.1, -0.05) is 43.4 Å². The van der Waals surface area contributed by atoms with Crippen molar-refractivity contribution < 1.29 is 23.8 Å². The Morgan fingerprint density at radius 1 is 1.17 bits per heavy atom. The van der Waals surface area contributed by atoms with Crippen molar-refractivity contribution in [3.05, 3.63) is 28.7 Å². The first-order valence-electron chi connectivity index (χ1n) is 9.80. The molecule has 0 N–H and O–H groups in total. The molecule has 29 heavy (non-hydrogen) atoms. The van der Waals surface area contributed by atoms with E-state index in [-0.39, 0.29) is 24.8 Å². The SMILES string of the molecule is CCCCOc1ccc(/C=C2\SC(=S)N(CCC(=O)OCC)C2=O)cc1OCC. The molecule has 0 spiro atoms. The van der Waals surface area contributed by atoms with E-state index in [1.807, 2.05) is 25.1 Å². The average Bonchev–Trinajstić information content (AvgIpc) is 2.95. The van der Waals surface area contributed by atoms with E-state index in [0.717, 1.165) is 18.4 Å². The molecule has 1 aromatic rings. The summed E-state index contributed by atoms with van der Waals surface area (Å²) in [5.74, 6) is 0.797. The van der Waals surface area contributed by atoms with Crippen LogP contribution in [-0.2, 0) is 14.3 Å². The van der Waals surface area contributed by atoms with Crippen LogP contribution in [0.3, 0.4) is 0 Å². The highest BCUT2D eigenvalue weighted by atomic mass is 32.2. The van der Waals surface area contributed by atoms with Gasteiger partial charge in [-0.3, -0.25) is 14.5 Å². The van der Waals surface area contributed by atoms with Gasteiger partial charge in [0.1, 0.15) is 4.32 Å². The molecule has 1 heterocycles. The third-order valence-electron chi connectivity index (χ3n) is 4.04. The van der Waals surface area contributed by atoms with Crippen molar-refractivity contribution in [3.63, 3.8) is 0 Å². The first-order chi connectivity index (χ1) is 14.0. The summed E-state index contributed by atoms with van der Waals surface area (Å²) in [5.41, 5.74) is 0.821. The smallest absolute Gasteiger partial charge is 0.307 e. The second-order valence-electron chi connectivity index (χ2n) is 6.23. The second-order valence-corrected chi connectivity index (χ2v) is 7.91. The van der Waals surface area contributed by atoms with E-state index in [1.165, 1.54) is 16.7 Å². The van der Waals surface area contributed by atoms with Crippen LogP contribution in [0.4, 0.5) is 0 Å². The highest BCUT2D eigenvalue weighted by Gasteiger charge is 2.32. The lowest BCUT2D eigenvalue weighted by Gasteiger charge is -2.13.